The summed E-state index contributed by atoms with van der Waals surface area (Å²) in [5.41, 5.74) is 7.85. The van der Waals surface area contributed by atoms with Gasteiger partial charge < -0.3 is 5.73 Å². The third kappa shape index (κ3) is 3.25. The number of hydrogen-bond acceptors (Lipinski definition) is 2. The topological polar surface area (TPSA) is 26.0 Å². The molecule has 2 heteroatoms. The Hall–Kier alpha value is -0.730. The highest BCUT2D eigenvalue weighted by Gasteiger charge is 1.99. The van der Waals surface area contributed by atoms with Crippen LogP contribution in [0.5, 0.6) is 0 Å². The maximum Gasteiger partial charge on any atom is 0.0225 e. The molecule has 2 N–H and O–H groups in total. The minimum Gasteiger partial charge on any atom is -0.330 e. The number of thiocarbonyl (C=S) groups is 1. The predicted molar refractivity (Wildman–Crippen MR) is 61.2 cm³/mol. The van der Waals surface area contributed by atoms with Crippen LogP contribution in [0.25, 0.3) is 0 Å². The molecule has 13 heavy (non-hydrogen) atoms. The van der Waals surface area contributed by atoms with Gasteiger partial charge in [0.05, 0.1) is 0 Å². The minimum absolute atomic E-state index is 0.714. The molecule has 0 unspecified atom stereocenters. The molecule has 0 amide bonds. The summed E-state index contributed by atoms with van der Waals surface area (Å²) in [4.78, 5) is 1.02. The average molecular weight is 193 g/mol. The van der Waals surface area contributed by atoms with E-state index in [9.17, 15) is 0 Å². The fourth-order valence-corrected chi connectivity index (χ4v) is 1.43. The van der Waals surface area contributed by atoms with Gasteiger partial charge in [0.1, 0.15) is 0 Å². The molecule has 0 radical (unpaired) electrons. The molecule has 0 aromatic heterocycles. The Morgan fingerprint density at radius 2 is 1.92 bits per heavy atom. The first-order chi connectivity index (χ1) is 6.24. The van der Waals surface area contributed by atoms with Crippen molar-refractivity contribution in [2.24, 2.45) is 5.73 Å². The molecule has 0 spiro atoms. The van der Waals surface area contributed by atoms with Crippen LogP contribution >= 0.6 is 12.2 Å². The van der Waals surface area contributed by atoms with Crippen molar-refractivity contribution in [3.05, 3.63) is 35.4 Å². The summed E-state index contributed by atoms with van der Waals surface area (Å²) in [6.45, 7) is 2.79. The summed E-state index contributed by atoms with van der Waals surface area (Å²) in [7, 11) is 0. The molecular formula is C11H15NS. The van der Waals surface area contributed by atoms with Crippen LogP contribution in [0.3, 0.4) is 0 Å². The van der Waals surface area contributed by atoms with Crippen molar-refractivity contribution in [2.75, 3.05) is 6.54 Å². The first-order valence-corrected chi connectivity index (χ1v) is 4.95. The van der Waals surface area contributed by atoms with Crippen molar-refractivity contribution in [3.63, 3.8) is 0 Å². The molecule has 70 valence electrons. The zero-order valence-corrected chi connectivity index (χ0v) is 8.73. The van der Waals surface area contributed by atoms with Gasteiger partial charge in [-0.3, -0.25) is 0 Å². The van der Waals surface area contributed by atoms with Crippen molar-refractivity contribution in [1.82, 2.24) is 0 Å². The number of hydrogen-bond donors (Lipinski definition) is 1. The van der Waals surface area contributed by atoms with Gasteiger partial charge in [0.15, 0.2) is 0 Å². The first kappa shape index (κ1) is 10.4. The Labute approximate surface area is 85.0 Å². The van der Waals surface area contributed by atoms with E-state index in [-0.39, 0.29) is 0 Å². The smallest absolute Gasteiger partial charge is 0.0225 e. The van der Waals surface area contributed by atoms with E-state index in [0.717, 1.165) is 23.3 Å². The molecule has 0 aliphatic carbocycles. The molecule has 0 fully saturated rings. The van der Waals surface area contributed by atoms with Crippen LogP contribution in [0.15, 0.2) is 24.3 Å². The van der Waals surface area contributed by atoms with Crippen LogP contribution in [-0.2, 0) is 0 Å². The van der Waals surface area contributed by atoms with Crippen LogP contribution in [0.2, 0.25) is 0 Å². The zero-order chi connectivity index (χ0) is 9.68. The van der Waals surface area contributed by atoms with Crippen molar-refractivity contribution in [2.45, 2.75) is 19.8 Å². The van der Waals surface area contributed by atoms with Gasteiger partial charge in [-0.05, 0) is 31.9 Å². The second-order valence-electron chi connectivity index (χ2n) is 3.18. The summed E-state index contributed by atoms with van der Waals surface area (Å²) in [5, 5.41) is 0. The van der Waals surface area contributed by atoms with Crippen LogP contribution < -0.4 is 5.73 Å². The highest BCUT2D eigenvalue weighted by molar-refractivity contribution is 7.80. The maximum absolute atomic E-state index is 5.42. The van der Waals surface area contributed by atoms with E-state index >= 15 is 0 Å². The average Bonchev–Trinajstić information content (AvgIpc) is 2.15. The van der Waals surface area contributed by atoms with Crippen molar-refractivity contribution < 1.29 is 0 Å². The lowest BCUT2D eigenvalue weighted by atomic mass is 10.1. The maximum atomic E-state index is 5.42. The van der Waals surface area contributed by atoms with E-state index in [1.54, 1.807) is 0 Å². The van der Waals surface area contributed by atoms with E-state index in [1.807, 2.05) is 0 Å². The van der Waals surface area contributed by atoms with Crippen molar-refractivity contribution in [3.8, 4) is 0 Å². The van der Waals surface area contributed by atoms with E-state index < -0.39 is 0 Å². The molecule has 0 atom stereocenters. The second-order valence-corrected chi connectivity index (χ2v) is 3.67. The minimum atomic E-state index is 0.714. The molecule has 0 saturated carbocycles. The molecule has 0 aliphatic rings. The molecular weight excluding hydrogens is 178 g/mol. The highest BCUT2D eigenvalue weighted by atomic mass is 32.1. The Kier molecular flexibility index (Phi) is 4.06. The Bertz CT molecular complexity index is 277. The summed E-state index contributed by atoms with van der Waals surface area (Å²) < 4.78 is 0. The molecule has 1 aromatic carbocycles. The normalized spacial score (nSPS) is 10.0. The number of nitrogens with two attached hydrogens (primary N) is 1. The molecule has 1 rings (SSSR count). The third-order valence-electron chi connectivity index (χ3n) is 1.98. The summed E-state index contributed by atoms with van der Waals surface area (Å²) in [6.07, 6.45) is 1.90. The molecule has 0 bridgehead atoms. The van der Waals surface area contributed by atoms with Crippen LogP contribution in [0.1, 0.15) is 24.0 Å². The quantitative estimate of drug-likeness (QED) is 0.587. The van der Waals surface area contributed by atoms with Gasteiger partial charge in [-0.25, -0.2) is 0 Å². The standard InChI is InChI=1S/C11H15NS/c1-9-4-6-10(7-5-9)11(13)3-2-8-12/h4-7H,2-3,8,12H2,1H3. The number of rotatable bonds is 4. The third-order valence-corrected chi connectivity index (χ3v) is 2.42. The lowest BCUT2D eigenvalue weighted by molar-refractivity contribution is 0.883. The first-order valence-electron chi connectivity index (χ1n) is 4.54. The van der Waals surface area contributed by atoms with E-state index in [2.05, 4.69) is 31.2 Å². The number of aryl methyl sites for hydroxylation is 1. The van der Waals surface area contributed by atoms with E-state index in [1.165, 1.54) is 5.56 Å². The van der Waals surface area contributed by atoms with Gasteiger partial charge in [-0.2, -0.15) is 0 Å². The SMILES string of the molecule is Cc1ccc(C(=S)CCCN)cc1. The summed E-state index contributed by atoms with van der Waals surface area (Å²) in [6, 6.07) is 8.33. The number of benzene rings is 1. The second kappa shape index (κ2) is 5.10. The lowest BCUT2D eigenvalue weighted by Gasteiger charge is -2.02. The Morgan fingerprint density at radius 3 is 2.46 bits per heavy atom. The predicted octanol–water partition coefficient (Wildman–Crippen LogP) is 2.45. The van der Waals surface area contributed by atoms with Crippen molar-refractivity contribution >= 4 is 17.1 Å². The van der Waals surface area contributed by atoms with E-state index in [0.29, 0.717) is 6.54 Å². The molecule has 0 aliphatic heterocycles. The fraction of sp³-hybridized carbons (Fsp3) is 0.364. The molecule has 1 nitrogen and oxygen atoms in total. The van der Waals surface area contributed by atoms with E-state index in [4.69, 9.17) is 18.0 Å². The van der Waals surface area contributed by atoms with Gasteiger partial charge in [0.2, 0.25) is 0 Å². The summed E-state index contributed by atoms with van der Waals surface area (Å²) in [5.74, 6) is 0. The molecule has 1 aromatic rings. The zero-order valence-electron chi connectivity index (χ0n) is 7.92. The molecule has 0 saturated heterocycles. The van der Waals surface area contributed by atoms with Gasteiger partial charge in [0.25, 0.3) is 0 Å². The van der Waals surface area contributed by atoms with Gasteiger partial charge in [-0.1, -0.05) is 42.0 Å². The Morgan fingerprint density at radius 1 is 1.31 bits per heavy atom. The van der Waals surface area contributed by atoms with Gasteiger partial charge >= 0.3 is 0 Å². The van der Waals surface area contributed by atoms with Gasteiger partial charge in [0, 0.05) is 4.86 Å². The van der Waals surface area contributed by atoms with Crippen LogP contribution in [0.4, 0.5) is 0 Å². The lowest BCUT2D eigenvalue weighted by Crippen LogP contribution is -2.03. The largest absolute Gasteiger partial charge is 0.330 e. The summed E-state index contributed by atoms with van der Waals surface area (Å²) >= 11 is 5.27. The van der Waals surface area contributed by atoms with Crippen LogP contribution in [-0.4, -0.2) is 11.4 Å². The Balaban J connectivity index is 2.61. The van der Waals surface area contributed by atoms with Crippen molar-refractivity contribution in [1.29, 1.82) is 0 Å². The molecule has 0 heterocycles. The monoisotopic (exact) mass is 193 g/mol. The van der Waals surface area contributed by atoms with Crippen LogP contribution in [0, 0.1) is 6.92 Å². The fourth-order valence-electron chi connectivity index (χ4n) is 1.15. The van der Waals surface area contributed by atoms with Gasteiger partial charge in [-0.15, -0.1) is 0 Å². The highest BCUT2D eigenvalue weighted by Crippen LogP contribution is 2.08.